The fourth-order valence-corrected chi connectivity index (χ4v) is 18.5. The molecule has 5 saturated heterocycles. The van der Waals surface area contributed by atoms with Gasteiger partial charge in [-0.25, -0.2) is 0 Å². The summed E-state index contributed by atoms with van der Waals surface area (Å²) in [5.41, 5.74) is -3.80. The van der Waals surface area contributed by atoms with Crippen LogP contribution < -0.4 is 0 Å². The van der Waals surface area contributed by atoms with Crippen molar-refractivity contribution in [1.29, 1.82) is 0 Å². The largest absolute Gasteiger partial charge is 0.394 e. The normalized spacial score (nSPS) is 56.7. The molecule has 5 aliphatic carbocycles. The van der Waals surface area contributed by atoms with Crippen molar-refractivity contribution in [3.63, 3.8) is 0 Å². The molecule has 25 heteroatoms. The lowest BCUT2D eigenvalue weighted by molar-refractivity contribution is -0.387. The standard InChI is InChI=1S/C56H94O25/c1-51(2)32(78-50-44(81-49-40(69)37(66)36(65)30(17-57)77-49)43(28(62)21-75-50)80-47-39(68)35(64)26(60)19-73-47)12-13-53(5)31-11-14-54(6)23-10-9-22(52(3,4)71)33(23)29(16-56(54,8)55(31,7)15-24(58)45(51)53)76-48-41(70)42(27(61)20-74-48)79-46-38(67)34(63)25(59)18-72-46/h22-50,57-71H,9-21H2,1-8H3. The van der Waals surface area contributed by atoms with E-state index in [0.29, 0.717) is 25.7 Å². The molecule has 10 fully saturated rings. The van der Waals surface area contributed by atoms with E-state index in [-0.39, 0.29) is 48.2 Å². The molecule has 0 amide bonds. The van der Waals surface area contributed by atoms with Crippen molar-refractivity contribution in [2.75, 3.05) is 33.0 Å². The van der Waals surface area contributed by atoms with E-state index < -0.39 is 195 Å². The summed E-state index contributed by atoms with van der Waals surface area (Å²) in [5, 5.41) is 165. The number of hydrogen-bond donors (Lipinski definition) is 15. The van der Waals surface area contributed by atoms with Crippen molar-refractivity contribution in [3.05, 3.63) is 0 Å². The molecular weight excluding hydrogens is 1070 g/mol. The minimum absolute atomic E-state index is 0.0394. The molecule has 0 radical (unpaired) electrons. The first kappa shape index (κ1) is 63.0. The molecule has 33 atom stereocenters. The van der Waals surface area contributed by atoms with Crippen LogP contribution in [-0.2, 0) is 47.4 Å². The predicted octanol–water partition coefficient (Wildman–Crippen LogP) is -3.16. The second-order valence-electron chi connectivity index (χ2n) is 27.9. The molecule has 15 N–H and O–H groups in total. The fraction of sp³-hybridized carbons (Fsp3) is 1.00. The van der Waals surface area contributed by atoms with Gasteiger partial charge in [0.15, 0.2) is 31.5 Å². The van der Waals surface area contributed by atoms with E-state index in [0.717, 1.165) is 25.7 Å². The van der Waals surface area contributed by atoms with Gasteiger partial charge in [-0.3, -0.25) is 0 Å². The van der Waals surface area contributed by atoms with Gasteiger partial charge in [-0.1, -0.05) is 41.5 Å². The number of hydrogen-bond acceptors (Lipinski definition) is 25. The number of ether oxygens (including phenoxy) is 10. The molecule has 0 aromatic carbocycles. The maximum atomic E-state index is 13.1. The van der Waals surface area contributed by atoms with Gasteiger partial charge >= 0.3 is 0 Å². The Morgan fingerprint density at radius 2 is 1.01 bits per heavy atom. The number of rotatable bonds is 12. The van der Waals surface area contributed by atoms with Crippen LogP contribution in [0.5, 0.6) is 0 Å². The average molecular weight is 1170 g/mol. The number of aliphatic hydroxyl groups is 15. The van der Waals surface area contributed by atoms with Crippen LogP contribution in [0.25, 0.3) is 0 Å². The topological polar surface area (TPSA) is 396 Å². The van der Waals surface area contributed by atoms with Crippen LogP contribution in [-0.4, -0.2) is 263 Å². The summed E-state index contributed by atoms with van der Waals surface area (Å²) < 4.78 is 61.5. The zero-order valence-corrected chi connectivity index (χ0v) is 47.7. The summed E-state index contributed by atoms with van der Waals surface area (Å²) in [5.74, 6) is -0.673. The molecule has 5 heterocycles. The van der Waals surface area contributed by atoms with Crippen molar-refractivity contribution < 1.29 is 124 Å². The Morgan fingerprint density at radius 3 is 1.60 bits per heavy atom. The third kappa shape index (κ3) is 10.4. The Morgan fingerprint density at radius 1 is 0.481 bits per heavy atom. The first-order valence-corrected chi connectivity index (χ1v) is 29.4. The molecule has 10 aliphatic rings. The number of aliphatic hydroxyl groups excluding tert-OH is 14. The van der Waals surface area contributed by atoms with Gasteiger partial charge in [-0.05, 0) is 122 Å². The summed E-state index contributed by atoms with van der Waals surface area (Å²) in [6, 6.07) is 0. The molecule has 0 bridgehead atoms. The van der Waals surface area contributed by atoms with Crippen molar-refractivity contribution in [3.8, 4) is 0 Å². The minimum atomic E-state index is -1.89. The zero-order valence-electron chi connectivity index (χ0n) is 47.7. The van der Waals surface area contributed by atoms with Gasteiger partial charge in [0.25, 0.3) is 0 Å². The van der Waals surface area contributed by atoms with E-state index in [1.807, 2.05) is 27.7 Å². The summed E-state index contributed by atoms with van der Waals surface area (Å²) in [4.78, 5) is 0. The van der Waals surface area contributed by atoms with E-state index in [1.165, 1.54) is 0 Å². The maximum Gasteiger partial charge on any atom is 0.187 e. The van der Waals surface area contributed by atoms with Gasteiger partial charge in [-0.2, -0.15) is 0 Å². The minimum Gasteiger partial charge on any atom is -0.394 e. The van der Waals surface area contributed by atoms with Crippen molar-refractivity contribution >= 4 is 0 Å². The highest BCUT2D eigenvalue weighted by atomic mass is 16.8. The van der Waals surface area contributed by atoms with Crippen molar-refractivity contribution in [1.82, 2.24) is 0 Å². The van der Waals surface area contributed by atoms with Crippen LogP contribution in [0.2, 0.25) is 0 Å². The van der Waals surface area contributed by atoms with E-state index in [1.54, 1.807) is 0 Å². The Kier molecular flexibility index (Phi) is 17.8. The molecule has 0 spiro atoms. The second-order valence-corrected chi connectivity index (χ2v) is 27.9. The molecule has 0 aromatic heterocycles. The Balaban J connectivity index is 0.922. The van der Waals surface area contributed by atoms with Crippen LogP contribution in [0.1, 0.15) is 107 Å². The lowest BCUT2D eigenvalue weighted by Crippen LogP contribution is -2.73. The third-order valence-electron chi connectivity index (χ3n) is 22.9. The summed E-state index contributed by atoms with van der Waals surface area (Å²) >= 11 is 0. The zero-order chi connectivity index (χ0) is 59.0. The van der Waals surface area contributed by atoms with Gasteiger partial charge in [0.1, 0.15) is 97.7 Å². The quantitative estimate of drug-likeness (QED) is 0.0858. The van der Waals surface area contributed by atoms with E-state index in [2.05, 4.69) is 27.7 Å². The van der Waals surface area contributed by atoms with Gasteiger partial charge in [0, 0.05) is 0 Å². The van der Waals surface area contributed by atoms with Crippen molar-refractivity contribution in [2.45, 2.75) is 260 Å². The molecule has 10 rings (SSSR count). The van der Waals surface area contributed by atoms with E-state index in [4.69, 9.17) is 47.4 Å². The monoisotopic (exact) mass is 1170 g/mol. The van der Waals surface area contributed by atoms with Crippen molar-refractivity contribution in [2.24, 2.45) is 56.7 Å². The van der Waals surface area contributed by atoms with Gasteiger partial charge in [-0.15, -0.1) is 0 Å². The smallest absolute Gasteiger partial charge is 0.187 e. The predicted molar refractivity (Wildman–Crippen MR) is 274 cm³/mol. The van der Waals surface area contributed by atoms with Crippen LogP contribution in [0.3, 0.4) is 0 Å². The van der Waals surface area contributed by atoms with E-state index in [9.17, 15) is 76.6 Å². The first-order chi connectivity index (χ1) is 37.8. The Labute approximate surface area is 472 Å². The summed E-state index contributed by atoms with van der Waals surface area (Å²) in [7, 11) is 0. The van der Waals surface area contributed by atoms with Gasteiger partial charge in [0.05, 0.1) is 56.9 Å². The Hall–Kier alpha value is -1.00. The lowest BCUT2D eigenvalue weighted by atomic mass is 9.29. The molecule has 0 aromatic rings. The first-order valence-electron chi connectivity index (χ1n) is 29.4. The third-order valence-corrected chi connectivity index (χ3v) is 22.9. The maximum absolute atomic E-state index is 13.1. The highest BCUT2D eigenvalue weighted by Crippen LogP contribution is 2.80. The molecule has 5 aliphatic heterocycles. The second kappa shape index (κ2) is 22.9. The molecule has 25 nitrogen and oxygen atoms in total. The molecule has 33 unspecified atom stereocenters. The summed E-state index contributed by atoms with van der Waals surface area (Å²) in [6.07, 6.45) is -29.9. The highest BCUT2D eigenvalue weighted by Gasteiger charge is 2.76. The molecular formula is C56H94O25. The lowest BCUT2D eigenvalue weighted by Gasteiger charge is -2.76. The Bertz CT molecular complexity index is 2160. The SMILES string of the molecule is CC(C)(O)C1CCC2C1C(OC1OCC(O)C(OC3OCC(O)C(O)C3O)C1O)CC1(C)C2(C)CCC2C3(C)CCC(OC4OCC(O)C(OC5OCC(O)C(O)C5O)C4OC4OC(CO)C(O)C(O)C4O)C(C)(C)C3C(O)CC21C. The average Bonchev–Trinajstić information content (AvgIpc) is 1.95. The van der Waals surface area contributed by atoms with Gasteiger partial charge in [0.2, 0.25) is 0 Å². The van der Waals surface area contributed by atoms with Gasteiger partial charge < -0.3 is 124 Å². The van der Waals surface area contributed by atoms with Crippen LogP contribution in [0.4, 0.5) is 0 Å². The van der Waals surface area contributed by atoms with Crippen LogP contribution in [0.15, 0.2) is 0 Å². The highest BCUT2D eigenvalue weighted by molar-refractivity contribution is 5.24. The molecule has 5 saturated carbocycles. The fourth-order valence-electron chi connectivity index (χ4n) is 18.5. The molecule has 81 heavy (non-hydrogen) atoms. The van der Waals surface area contributed by atoms with Crippen LogP contribution in [0, 0.1) is 56.7 Å². The summed E-state index contributed by atoms with van der Waals surface area (Å²) in [6.45, 7) is 14.7. The van der Waals surface area contributed by atoms with Crippen LogP contribution >= 0.6 is 0 Å². The molecule has 468 valence electrons. The van der Waals surface area contributed by atoms with E-state index >= 15 is 0 Å². The number of fused-ring (bicyclic) bond motifs is 7.